The van der Waals surface area contributed by atoms with Gasteiger partial charge in [0.25, 0.3) is 0 Å². The van der Waals surface area contributed by atoms with E-state index in [1.807, 2.05) is 11.8 Å². The van der Waals surface area contributed by atoms with E-state index >= 15 is 0 Å². The first-order valence-corrected chi connectivity index (χ1v) is 5.58. The summed E-state index contributed by atoms with van der Waals surface area (Å²) in [5.41, 5.74) is 0. The highest BCUT2D eigenvalue weighted by molar-refractivity contribution is 8.03. The molecule has 0 heterocycles. The maximum atomic E-state index is 2.23. The molecule has 0 amide bonds. The zero-order valence-electron chi connectivity index (χ0n) is 7.62. The quantitative estimate of drug-likeness (QED) is 0.591. The van der Waals surface area contributed by atoms with Crippen LogP contribution in [-0.4, -0.2) is 5.75 Å². The van der Waals surface area contributed by atoms with Crippen molar-refractivity contribution >= 4 is 11.8 Å². The minimum absolute atomic E-state index is 1.08. The summed E-state index contributed by atoms with van der Waals surface area (Å²) >= 11 is 1.96. The van der Waals surface area contributed by atoms with Crippen molar-refractivity contribution in [1.82, 2.24) is 0 Å². The van der Waals surface area contributed by atoms with E-state index in [4.69, 9.17) is 0 Å². The average Bonchev–Trinajstić information content (AvgIpc) is 2.33. The molecular formula is C11H16S. The van der Waals surface area contributed by atoms with Crippen LogP contribution >= 0.6 is 11.8 Å². The summed E-state index contributed by atoms with van der Waals surface area (Å²) in [5, 5.41) is 0. The SMILES string of the molecule is CCCCSC1=CC=CCC=C1. The van der Waals surface area contributed by atoms with E-state index in [1.54, 1.807) is 0 Å². The summed E-state index contributed by atoms with van der Waals surface area (Å²) < 4.78 is 0. The number of rotatable bonds is 4. The lowest BCUT2D eigenvalue weighted by Gasteiger charge is -1.98. The predicted octanol–water partition coefficient (Wildman–Crippen LogP) is 3.92. The Kier molecular flexibility index (Phi) is 4.93. The number of hydrogen-bond acceptors (Lipinski definition) is 1. The van der Waals surface area contributed by atoms with E-state index in [0.29, 0.717) is 0 Å². The van der Waals surface area contributed by atoms with Crippen molar-refractivity contribution in [2.45, 2.75) is 26.2 Å². The Morgan fingerprint density at radius 3 is 3.17 bits per heavy atom. The van der Waals surface area contributed by atoms with Gasteiger partial charge in [0.1, 0.15) is 0 Å². The second kappa shape index (κ2) is 6.13. The molecule has 0 saturated heterocycles. The van der Waals surface area contributed by atoms with E-state index in [1.165, 1.54) is 23.5 Å². The monoisotopic (exact) mass is 180 g/mol. The summed E-state index contributed by atoms with van der Waals surface area (Å²) in [7, 11) is 0. The molecule has 0 spiro atoms. The highest BCUT2D eigenvalue weighted by Crippen LogP contribution is 2.20. The molecule has 0 saturated carbocycles. The molecule has 0 aromatic rings. The van der Waals surface area contributed by atoms with E-state index < -0.39 is 0 Å². The van der Waals surface area contributed by atoms with Crippen molar-refractivity contribution < 1.29 is 0 Å². The van der Waals surface area contributed by atoms with Crippen LogP contribution in [0.3, 0.4) is 0 Å². The Balaban J connectivity index is 2.30. The number of allylic oxidation sites excluding steroid dienone is 5. The molecule has 0 aliphatic heterocycles. The molecule has 0 radical (unpaired) electrons. The topological polar surface area (TPSA) is 0 Å². The fourth-order valence-corrected chi connectivity index (χ4v) is 2.03. The van der Waals surface area contributed by atoms with Crippen molar-refractivity contribution in [2.24, 2.45) is 0 Å². The second-order valence-electron chi connectivity index (χ2n) is 2.84. The molecule has 0 aromatic carbocycles. The normalized spacial score (nSPS) is 15.9. The maximum Gasteiger partial charge on any atom is 0.00687 e. The number of hydrogen-bond donors (Lipinski definition) is 0. The maximum absolute atomic E-state index is 2.23. The van der Waals surface area contributed by atoms with E-state index in [9.17, 15) is 0 Å². The Morgan fingerprint density at radius 1 is 1.42 bits per heavy atom. The Hall–Kier alpha value is -0.430. The fraction of sp³-hybridized carbons (Fsp3) is 0.455. The Morgan fingerprint density at radius 2 is 2.33 bits per heavy atom. The van der Waals surface area contributed by atoms with Crippen LogP contribution in [-0.2, 0) is 0 Å². The summed E-state index contributed by atoms with van der Waals surface area (Å²) in [6.45, 7) is 2.23. The summed E-state index contributed by atoms with van der Waals surface area (Å²) in [6.07, 6.45) is 14.7. The standard InChI is InChI=1S/C11H16S/c1-2-3-10-12-11-8-6-4-5-7-9-11/h4,6-9H,2-3,5,10H2,1H3. The molecule has 0 bridgehead atoms. The van der Waals surface area contributed by atoms with Crippen molar-refractivity contribution in [3.8, 4) is 0 Å². The predicted molar refractivity (Wildman–Crippen MR) is 58.3 cm³/mol. The van der Waals surface area contributed by atoms with Gasteiger partial charge < -0.3 is 0 Å². The van der Waals surface area contributed by atoms with Gasteiger partial charge in [-0.25, -0.2) is 0 Å². The fourth-order valence-electron chi connectivity index (χ4n) is 0.990. The molecule has 66 valence electrons. The van der Waals surface area contributed by atoms with Crippen molar-refractivity contribution in [3.63, 3.8) is 0 Å². The van der Waals surface area contributed by atoms with Crippen molar-refractivity contribution in [3.05, 3.63) is 35.3 Å². The highest BCUT2D eigenvalue weighted by atomic mass is 32.2. The van der Waals surface area contributed by atoms with E-state index in [0.717, 1.165) is 6.42 Å². The minimum Gasteiger partial charge on any atom is -0.126 e. The van der Waals surface area contributed by atoms with Gasteiger partial charge in [-0.05, 0) is 24.7 Å². The Labute approximate surface area is 79.4 Å². The van der Waals surface area contributed by atoms with E-state index in [-0.39, 0.29) is 0 Å². The van der Waals surface area contributed by atoms with Gasteiger partial charge in [-0.1, -0.05) is 37.6 Å². The molecule has 0 N–H and O–H groups in total. The zero-order chi connectivity index (χ0) is 8.65. The molecule has 0 fully saturated rings. The molecule has 1 aliphatic rings. The molecular weight excluding hydrogens is 164 g/mol. The molecule has 0 unspecified atom stereocenters. The third-order valence-electron chi connectivity index (χ3n) is 1.72. The lowest BCUT2D eigenvalue weighted by molar-refractivity contribution is 0.897. The smallest absolute Gasteiger partial charge is 0.00687 e. The lowest BCUT2D eigenvalue weighted by Crippen LogP contribution is -1.77. The van der Waals surface area contributed by atoms with Gasteiger partial charge in [0.2, 0.25) is 0 Å². The van der Waals surface area contributed by atoms with Crippen molar-refractivity contribution in [1.29, 1.82) is 0 Å². The first kappa shape index (κ1) is 9.66. The lowest BCUT2D eigenvalue weighted by atomic mass is 10.4. The van der Waals surface area contributed by atoms with Gasteiger partial charge in [-0.15, -0.1) is 11.8 Å². The molecule has 12 heavy (non-hydrogen) atoms. The molecule has 0 nitrogen and oxygen atoms in total. The summed E-state index contributed by atoms with van der Waals surface area (Å²) in [6, 6.07) is 0. The Bertz CT molecular complexity index is 199. The van der Waals surface area contributed by atoms with Crippen molar-refractivity contribution in [2.75, 3.05) is 5.75 Å². The molecule has 1 heteroatoms. The van der Waals surface area contributed by atoms with Gasteiger partial charge in [-0.3, -0.25) is 0 Å². The summed E-state index contributed by atoms with van der Waals surface area (Å²) in [5.74, 6) is 1.25. The molecule has 1 aliphatic carbocycles. The average molecular weight is 180 g/mol. The second-order valence-corrected chi connectivity index (χ2v) is 4.01. The van der Waals surface area contributed by atoms with E-state index in [2.05, 4.69) is 37.3 Å². The van der Waals surface area contributed by atoms with Crippen LogP contribution in [0, 0.1) is 0 Å². The van der Waals surface area contributed by atoms with Gasteiger partial charge in [0, 0.05) is 4.91 Å². The highest BCUT2D eigenvalue weighted by Gasteiger charge is 1.93. The van der Waals surface area contributed by atoms with Gasteiger partial charge in [0.15, 0.2) is 0 Å². The van der Waals surface area contributed by atoms with Gasteiger partial charge >= 0.3 is 0 Å². The van der Waals surface area contributed by atoms with Crippen LogP contribution < -0.4 is 0 Å². The minimum atomic E-state index is 1.08. The molecule has 1 rings (SSSR count). The van der Waals surface area contributed by atoms with Gasteiger partial charge in [0.05, 0.1) is 0 Å². The van der Waals surface area contributed by atoms with Crippen LogP contribution in [0.25, 0.3) is 0 Å². The number of unbranched alkanes of at least 4 members (excludes halogenated alkanes) is 1. The number of thioether (sulfide) groups is 1. The third kappa shape index (κ3) is 3.82. The first-order valence-electron chi connectivity index (χ1n) is 4.59. The van der Waals surface area contributed by atoms with Crippen LogP contribution in [0.1, 0.15) is 26.2 Å². The van der Waals surface area contributed by atoms with Crippen LogP contribution in [0.15, 0.2) is 35.3 Å². The van der Waals surface area contributed by atoms with Crippen LogP contribution in [0.2, 0.25) is 0 Å². The molecule has 0 aromatic heterocycles. The largest absolute Gasteiger partial charge is 0.126 e. The first-order chi connectivity index (χ1) is 5.93. The van der Waals surface area contributed by atoms with Crippen LogP contribution in [0.4, 0.5) is 0 Å². The third-order valence-corrected chi connectivity index (χ3v) is 2.82. The van der Waals surface area contributed by atoms with Gasteiger partial charge in [-0.2, -0.15) is 0 Å². The molecule has 0 atom stereocenters. The van der Waals surface area contributed by atoms with Crippen LogP contribution in [0.5, 0.6) is 0 Å². The zero-order valence-corrected chi connectivity index (χ0v) is 8.44. The summed E-state index contributed by atoms with van der Waals surface area (Å²) in [4.78, 5) is 1.40.